The smallest absolute Gasteiger partial charge is 0.143 e. The molecule has 0 N–H and O–H groups in total. The molecule has 0 aliphatic rings. The highest BCUT2D eigenvalue weighted by Gasteiger charge is 2.18. The Kier molecular flexibility index (Phi) is 4.61. The standard InChI is InChI=1S/C38H24N2O/c1-2-9-27(10-3-1)39-24-23-26-19-22-34-36(37(26)39)32-12-4-6-15-33(32)40(34)28-20-17-25(18-21-28)29-13-8-14-31-30-11-5-7-16-35(30)41-38(29)31/h1-24H. The summed E-state index contributed by atoms with van der Waals surface area (Å²) in [4.78, 5) is 0. The summed E-state index contributed by atoms with van der Waals surface area (Å²) in [5.41, 5.74) is 10.0. The fourth-order valence-corrected chi connectivity index (χ4v) is 6.53. The lowest BCUT2D eigenvalue weighted by atomic mass is 10.0. The van der Waals surface area contributed by atoms with Crippen LogP contribution in [0.5, 0.6) is 0 Å². The summed E-state index contributed by atoms with van der Waals surface area (Å²) in [6.45, 7) is 0. The number of hydrogen-bond acceptors (Lipinski definition) is 1. The molecule has 9 aromatic rings. The van der Waals surface area contributed by atoms with Crippen molar-refractivity contribution in [1.82, 2.24) is 9.13 Å². The Hall–Kier alpha value is -5.54. The monoisotopic (exact) mass is 524 g/mol. The molecule has 0 aliphatic heterocycles. The normalized spacial score (nSPS) is 11.9. The molecule has 0 aliphatic carbocycles. The first-order chi connectivity index (χ1) is 20.3. The van der Waals surface area contributed by atoms with Crippen molar-refractivity contribution >= 4 is 54.6 Å². The van der Waals surface area contributed by atoms with Crippen molar-refractivity contribution in [2.75, 3.05) is 0 Å². The Morgan fingerprint density at radius 2 is 1.24 bits per heavy atom. The second kappa shape index (κ2) is 8.48. The van der Waals surface area contributed by atoms with Crippen molar-refractivity contribution in [2.45, 2.75) is 0 Å². The number of nitrogens with zero attached hydrogens (tertiary/aromatic N) is 2. The SMILES string of the molecule is c1ccc(-n2ccc3ccc4c(c5ccccc5n4-c4ccc(-c5cccc6c5oc5ccccc56)cc4)c32)cc1. The van der Waals surface area contributed by atoms with Crippen LogP contribution in [0.2, 0.25) is 0 Å². The second-order valence-electron chi connectivity index (χ2n) is 10.6. The zero-order valence-electron chi connectivity index (χ0n) is 22.2. The van der Waals surface area contributed by atoms with E-state index in [0.717, 1.165) is 44.4 Å². The van der Waals surface area contributed by atoms with Crippen molar-refractivity contribution in [3.8, 4) is 22.5 Å². The Morgan fingerprint density at radius 1 is 0.488 bits per heavy atom. The van der Waals surface area contributed by atoms with Crippen LogP contribution < -0.4 is 0 Å². The van der Waals surface area contributed by atoms with Crippen LogP contribution in [0.4, 0.5) is 0 Å². The predicted octanol–water partition coefficient (Wildman–Crippen LogP) is 10.3. The molecule has 3 nitrogen and oxygen atoms in total. The van der Waals surface area contributed by atoms with Gasteiger partial charge in [0.05, 0.1) is 16.6 Å². The number of furan rings is 1. The van der Waals surface area contributed by atoms with Crippen LogP contribution in [0.25, 0.3) is 77.1 Å². The van der Waals surface area contributed by atoms with Gasteiger partial charge in [0.25, 0.3) is 0 Å². The Balaban J connectivity index is 1.26. The Labute approximate surface area is 236 Å². The third-order valence-corrected chi connectivity index (χ3v) is 8.36. The highest BCUT2D eigenvalue weighted by molar-refractivity contribution is 6.20. The largest absolute Gasteiger partial charge is 0.455 e. The number of hydrogen-bond donors (Lipinski definition) is 0. The molecule has 9 rings (SSSR count). The summed E-state index contributed by atoms with van der Waals surface area (Å²) >= 11 is 0. The first-order valence-electron chi connectivity index (χ1n) is 13.9. The first kappa shape index (κ1) is 22.3. The average molecular weight is 525 g/mol. The molecule has 0 amide bonds. The second-order valence-corrected chi connectivity index (χ2v) is 10.6. The highest BCUT2D eigenvalue weighted by Crippen LogP contribution is 2.39. The van der Waals surface area contributed by atoms with E-state index < -0.39 is 0 Å². The van der Waals surface area contributed by atoms with Gasteiger partial charge in [-0.2, -0.15) is 0 Å². The minimum atomic E-state index is 0.920. The van der Waals surface area contributed by atoms with Gasteiger partial charge in [-0.05, 0) is 54.1 Å². The summed E-state index contributed by atoms with van der Waals surface area (Å²) < 4.78 is 11.0. The molecule has 0 saturated carbocycles. The summed E-state index contributed by atoms with van der Waals surface area (Å²) in [6.07, 6.45) is 2.18. The summed E-state index contributed by atoms with van der Waals surface area (Å²) in [5, 5.41) is 6.05. The Bertz CT molecular complexity index is 2400. The van der Waals surface area contributed by atoms with E-state index in [9.17, 15) is 0 Å². The van der Waals surface area contributed by atoms with Crippen LogP contribution >= 0.6 is 0 Å². The molecule has 192 valence electrons. The lowest BCUT2D eigenvalue weighted by molar-refractivity contribution is 0.670. The van der Waals surface area contributed by atoms with Crippen LogP contribution in [0, 0.1) is 0 Å². The Morgan fingerprint density at radius 3 is 2.12 bits per heavy atom. The number of fused-ring (bicyclic) bond motifs is 8. The lowest BCUT2D eigenvalue weighted by Gasteiger charge is -2.10. The van der Waals surface area contributed by atoms with Gasteiger partial charge in [0.2, 0.25) is 0 Å². The summed E-state index contributed by atoms with van der Waals surface area (Å²) in [5.74, 6) is 0. The molecule has 0 atom stereocenters. The van der Waals surface area contributed by atoms with Crippen LogP contribution in [-0.4, -0.2) is 9.13 Å². The van der Waals surface area contributed by atoms with E-state index >= 15 is 0 Å². The van der Waals surface area contributed by atoms with Gasteiger partial charge in [-0.3, -0.25) is 0 Å². The molecule has 0 radical (unpaired) electrons. The fraction of sp³-hybridized carbons (Fsp3) is 0. The van der Waals surface area contributed by atoms with Gasteiger partial charge in [0, 0.05) is 50.1 Å². The molecule has 3 heterocycles. The van der Waals surface area contributed by atoms with Gasteiger partial charge in [-0.25, -0.2) is 0 Å². The maximum absolute atomic E-state index is 6.33. The van der Waals surface area contributed by atoms with E-state index in [1.807, 2.05) is 12.1 Å². The quantitative estimate of drug-likeness (QED) is 0.225. The van der Waals surface area contributed by atoms with Gasteiger partial charge in [0.15, 0.2) is 0 Å². The molecule has 0 saturated heterocycles. The minimum absolute atomic E-state index is 0.920. The van der Waals surface area contributed by atoms with Gasteiger partial charge >= 0.3 is 0 Å². The van der Waals surface area contributed by atoms with Crippen molar-refractivity contribution in [1.29, 1.82) is 0 Å². The third-order valence-electron chi connectivity index (χ3n) is 8.36. The molecule has 0 bridgehead atoms. The molecule has 41 heavy (non-hydrogen) atoms. The number of benzene rings is 6. The summed E-state index contributed by atoms with van der Waals surface area (Å²) in [7, 11) is 0. The third kappa shape index (κ3) is 3.20. The van der Waals surface area contributed by atoms with Crippen molar-refractivity contribution < 1.29 is 4.42 Å². The van der Waals surface area contributed by atoms with Gasteiger partial charge in [0.1, 0.15) is 11.2 Å². The van der Waals surface area contributed by atoms with Crippen LogP contribution in [0.1, 0.15) is 0 Å². The van der Waals surface area contributed by atoms with Gasteiger partial charge < -0.3 is 13.6 Å². The first-order valence-corrected chi connectivity index (χ1v) is 13.9. The zero-order chi connectivity index (χ0) is 26.9. The van der Waals surface area contributed by atoms with E-state index in [4.69, 9.17) is 4.42 Å². The average Bonchev–Trinajstić information content (AvgIpc) is 3.73. The highest BCUT2D eigenvalue weighted by atomic mass is 16.3. The molecular formula is C38H24N2O. The van der Waals surface area contributed by atoms with E-state index in [1.165, 1.54) is 32.7 Å². The molecule has 0 spiro atoms. The van der Waals surface area contributed by atoms with Crippen LogP contribution in [0.3, 0.4) is 0 Å². The van der Waals surface area contributed by atoms with Crippen molar-refractivity contribution in [2.24, 2.45) is 0 Å². The zero-order valence-corrected chi connectivity index (χ0v) is 22.2. The maximum Gasteiger partial charge on any atom is 0.143 e. The summed E-state index contributed by atoms with van der Waals surface area (Å²) in [6, 6.07) is 49.6. The molecule has 3 heteroatoms. The lowest BCUT2D eigenvalue weighted by Crippen LogP contribution is -1.94. The molecular weight excluding hydrogens is 500 g/mol. The minimum Gasteiger partial charge on any atom is -0.455 e. The van der Waals surface area contributed by atoms with Crippen LogP contribution in [0.15, 0.2) is 150 Å². The number of aromatic nitrogens is 2. The molecule has 6 aromatic carbocycles. The molecule has 3 aromatic heterocycles. The van der Waals surface area contributed by atoms with E-state index in [0.29, 0.717) is 0 Å². The fourth-order valence-electron chi connectivity index (χ4n) is 6.53. The molecule has 0 fully saturated rings. The number of para-hydroxylation sites is 4. The topological polar surface area (TPSA) is 23.0 Å². The predicted molar refractivity (Wildman–Crippen MR) is 170 cm³/mol. The maximum atomic E-state index is 6.33. The van der Waals surface area contributed by atoms with Gasteiger partial charge in [-0.1, -0.05) is 91.0 Å². The van der Waals surface area contributed by atoms with Crippen molar-refractivity contribution in [3.05, 3.63) is 146 Å². The van der Waals surface area contributed by atoms with Gasteiger partial charge in [-0.15, -0.1) is 0 Å². The van der Waals surface area contributed by atoms with E-state index in [2.05, 4.69) is 143 Å². The van der Waals surface area contributed by atoms with Crippen LogP contribution in [-0.2, 0) is 0 Å². The molecule has 0 unspecified atom stereocenters. The van der Waals surface area contributed by atoms with E-state index in [1.54, 1.807) is 0 Å². The van der Waals surface area contributed by atoms with E-state index in [-0.39, 0.29) is 0 Å². The van der Waals surface area contributed by atoms with Crippen molar-refractivity contribution in [3.63, 3.8) is 0 Å². The number of rotatable bonds is 3.